The average molecular weight is 395 g/mol. The van der Waals surface area contributed by atoms with E-state index in [1.54, 1.807) is 17.7 Å². The third-order valence-electron chi connectivity index (χ3n) is 4.44. The molecule has 2 aromatic carbocycles. The Bertz CT molecular complexity index is 1090. The minimum Gasteiger partial charge on any atom is -0.378 e. The normalized spacial score (nSPS) is 11.0. The van der Waals surface area contributed by atoms with Gasteiger partial charge in [0.1, 0.15) is 17.0 Å². The Balaban J connectivity index is 1.80. The number of thiophene rings is 1. The first-order chi connectivity index (χ1) is 13.0. The van der Waals surface area contributed by atoms with Crippen LogP contribution >= 0.6 is 22.9 Å². The number of aromatic nitrogens is 2. The van der Waals surface area contributed by atoms with E-state index in [0.717, 1.165) is 43.6 Å². The second-order valence-electron chi connectivity index (χ2n) is 6.51. The number of aryl methyl sites for hydroxylation is 1. The lowest BCUT2D eigenvalue weighted by molar-refractivity contribution is 1.13. The molecule has 0 saturated heterocycles. The van der Waals surface area contributed by atoms with E-state index < -0.39 is 0 Å². The molecule has 4 aromatic rings. The van der Waals surface area contributed by atoms with Gasteiger partial charge in [0.15, 0.2) is 0 Å². The van der Waals surface area contributed by atoms with E-state index in [4.69, 9.17) is 11.6 Å². The van der Waals surface area contributed by atoms with Crippen molar-refractivity contribution in [2.24, 2.45) is 0 Å². The van der Waals surface area contributed by atoms with Crippen molar-refractivity contribution >= 4 is 50.3 Å². The zero-order valence-corrected chi connectivity index (χ0v) is 16.9. The number of rotatable bonds is 4. The van der Waals surface area contributed by atoms with Crippen LogP contribution in [0.2, 0.25) is 5.02 Å². The standard InChI is InChI=1S/C21H19ClN4S/c1-13-18(14-4-6-15(22)7-5-14)19-20(23-12-24-21(19)27-13)25-16-8-10-17(11-9-16)26(2)3/h4-12H,1-3H3,(H,23,24,25). The number of fused-ring (bicyclic) bond motifs is 1. The van der Waals surface area contributed by atoms with Crippen LogP contribution in [0.25, 0.3) is 21.3 Å². The van der Waals surface area contributed by atoms with Crippen LogP contribution in [0.5, 0.6) is 0 Å². The average Bonchev–Trinajstić information content (AvgIpc) is 3.00. The molecule has 2 heterocycles. The molecule has 136 valence electrons. The highest BCUT2D eigenvalue weighted by molar-refractivity contribution is 7.19. The molecule has 0 fully saturated rings. The van der Waals surface area contributed by atoms with Crippen molar-refractivity contribution in [1.29, 1.82) is 0 Å². The molecule has 4 rings (SSSR count). The van der Waals surface area contributed by atoms with Crippen LogP contribution in [0.15, 0.2) is 54.9 Å². The minimum atomic E-state index is 0.728. The van der Waals surface area contributed by atoms with E-state index in [1.807, 2.05) is 38.4 Å². The summed E-state index contributed by atoms with van der Waals surface area (Å²) >= 11 is 7.74. The van der Waals surface area contributed by atoms with Gasteiger partial charge < -0.3 is 10.2 Å². The molecule has 0 aliphatic heterocycles. The van der Waals surface area contributed by atoms with Gasteiger partial charge in [0.2, 0.25) is 0 Å². The number of halogens is 1. The topological polar surface area (TPSA) is 41.1 Å². The molecule has 4 nitrogen and oxygen atoms in total. The van der Waals surface area contributed by atoms with Crippen molar-refractivity contribution in [2.45, 2.75) is 6.92 Å². The van der Waals surface area contributed by atoms with Crippen molar-refractivity contribution in [1.82, 2.24) is 9.97 Å². The van der Waals surface area contributed by atoms with Crippen molar-refractivity contribution in [3.63, 3.8) is 0 Å². The Kier molecular flexibility index (Phi) is 4.72. The van der Waals surface area contributed by atoms with Crippen LogP contribution in [0.4, 0.5) is 17.2 Å². The maximum atomic E-state index is 6.07. The van der Waals surface area contributed by atoms with Crippen LogP contribution < -0.4 is 10.2 Å². The van der Waals surface area contributed by atoms with Gasteiger partial charge in [-0.25, -0.2) is 9.97 Å². The first-order valence-corrected chi connectivity index (χ1v) is 9.77. The molecular formula is C21H19ClN4S. The Morgan fingerprint density at radius 2 is 1.67 bits per heavy atom. The number of hydrogen-bond acceptors (Lipinski definition) is 5. The second-order valence-corrected chi connectivity index (χ2v) is 8.15. The Morgan fingerprint density at radius 3 is 2.33 bits per heavy atom. The lowest BCUT2D eigenvalue weighted by atomic mass is 10.0. The van der Waals surface area contributed by atoms with Gasteiger partial charge >= 0.3 is 0 Å². The third kappa shape index (κ3) is 3.48. The summed E-state index contributed by atoms with van der Waals surface area (Å²) in [6.07, 6.45) is 1.61. The molecule has 2 aromatic heterocycles. The summed E-state index contributed by atoms with van der Waals surface area (Å²) in [6, 6.07) is 16.2. The Hall–Kier alpha value is -2.63. The van der Waals surface area contributed by atoms with Gasteiger partial charge in [0.25, 0.3) is 0 Å². The summed E-state index contributed by atoms with van der Waals surface area (Å²) in [5.74, 6) is 0.812. The van der Waals surface area contributed by atoms with Gasteiger partial charge in [-0.2, -0.15) is 0 Å². The number of hydrogen-bond donors (Lipinski definition) is 1. The van der Waals surface area contributed by atoms with Gasteiger partial charge in [-0.05, 0) is 48.9 Å². The largest absolute Gasteiger partial charge is 0.378 e. The Morgan fingerprint density at radius 1 is 0.963 bits per heavy atom. The maximum Gasteiger partial charge on any atom is 0.143 e. The van der Waals surface area contributed by atoms with Crippen molar-refractivity contribution in [3.8, 4) is 11.1 Å². The molecule has 0 aliphatic carbocycles. The molecule has 6 heteroatoms. The van der Waals surface area contributed by atoms with Gasteiger partial charge in [-0.3, -0.25) is 0 Å². The molecular weight excluding hydrogens is 376 g/mol. The lowest BCUT2D eigenvalue weighted by Crippen LogP contribution is -2.08. The summed E-state index contributed by atoms with van der Waals surface area (Å²) in [5, 5.41) is 5.23. The smallest absolute Gasteiger partial charge is 0.143 e. The van der Waals surface area contributed by atoms with Crippen LogP contribution in [-0.4, -0.2) is 24.1 Å². The van der Waals surface area contributed by atoms with Gasteiger partial charge in [0.05, 0.1) is 5.39 Å². The van der Waals surface area contributed by atoms with E-state index >= 15 is 0 Å². The van der Waals surface area contributed by atoms with E-state index in [9.17, 15) is 0 Å². The highest BCUT2D eigenvalue weighted by Crippen LogP contribution is 2.41. The Labute approximate surface area is 167 Å². The molecule has 0 amide bonds. The molecule has 0 spiro atoms. The fourth-order valence-electron chi connectivity index (χ4n) is 3.08. The first-order valence-electron chi connectivity index (χ1n) is 8.57. The quantitative estimate of drug-likeness (QED) is 0.452. The molecule has 0 atom stereocenters. The highest BCUT2D eigenvalue weighted by Gasteiger charge is 2.17. The van der Waals surface area contributed by atoms with E-state index in [2.05, 4.69) is 51.4 Å². The molecule has 27 heavy (non-hydrogen) atoms. The van der Waals surface area contributed by atoms with Gasteiger partial charge in [-0.1, -0.05) is 23.7 Å². The zero-order valence-electron chi connectivity index (χ0n) is 15.3. The van der Waals surface area contributed by atoms with Gasteiger partial charge in [-0.15, -0.1) is 11.3 Å². The van der Waals surface area contributed by atoms with Crippen LogP contribution in [0, 0.1) is 6.92 Å². The molecule has 1 N–H and O–H groups in total. The third-order valence-corrected chi connectivity index (χ3v) is 5.71. The predicted octanol–water partition coefficient (Wildman–Crippen LogP) is 6.13. The predicted molar refractivity (Wildman–Crippen MR) is 117 cm³/mol. The summed E-state index contributed by atoms with van der Waals surface area (Å²) in [4.78, 5) is 13.3. The number of nitrogens with zero attached hydrogens (tertiary/aromatic N) is 3. The second kappa shape index (κ2) is 7.18. The van der Waals surface area contributed by atoms with Gasteiger partial charge in [0, 0.05) is 40.9 Å². The molecule has 0 bridgehead atoms. The maximum absolute atomic E-state index is 6.07. The molecule has 0 saturated carbocycles. The fraction of sp³-hybridized carbons (Fsp3) is 0.143. The van der Waals surface area contributed by atoms with Crippen molar-refractivity contribution in [2.75, 3.05) is 24.3 Å². The first kappa shape index (κ1) is 17.8. The fourth-order valence-corrected chi connectivity index (χ4v) is 4.22. The van der Waals surface area contributed by atoms with Crippen LogP contribution in [-0.2, 0) is 0 Å². The van der Waals surface area contributed by atoms with E-state index in [-0.39, 0.29) is 0 Å². The molecule has 0 radical (unpaired) electrons. The number of nitrogens with one attached hydrogen (secondary N) is 1. The van der Waals surface area contributed by atoms with E-state index in [0.29, 0.717) is 0 Å². The summed E-state index contributed by atoms with van der Waals surface area (Å²) in [6.45, 7) is 2.12. The summed E-state index contributed by atoms with van der Waals surface area (Å²) in [5.41, 5.74) is 4.41. The lowest BCUT2D eigenvalue weighted by Gasteiger charge is -2.13. The summed E-state index contributed by atoms with van der Waals surface area (Å²) < 4.78 is 0. The molecule has 0 unspecified atom stereocenters. The number of anilines is 3. The molecule has 0 aliphatic rings. The van der Waals surface area contributed by atoms with Crippen molar-refractivity contribution in [3.05, 3.63) is 64.8 Å². The monoisotopic (exact) mass is 394 g/mol. The SMILES string of the molecule is Cc1sc2ncnc(Nc3ccc(N(C)C)cc3)c2c1-c1ccc(Cl)cc1. The minimum absolute atomic E-state index is 0.728. The van der Waals surface area contributed by atoms with E-state index in [1.165, 1.54) is 4.88 Å². The van der Waals surface area contributed by atoms with Crippen molar-refractivity contribution < 1.29 is 0 Å². The van der Waals surface area contributed by atoms with Crippen LogP contribution in [0.1, 0.15) is 4.88 Å². The number of benzene rings is 2. The summed E-state index contributed by atoms with van der Waals surface area (Å²) in [7, 11) is 4.06. The highest BCUT2D eigenvalue weighted by atomic mass is 35.5. The zero-order chi connectivity index (χ0) is 19.0. The van der Waals surface area contributed by atoms with Crippen LogP contribution in [0.3, 0.4) is 0 Å².